The number of sulfone groups is 1. The molecule has 3 unspecified atom stereocenters. The number of amides is 1. The maximum absolute atomic E-state index is 12.1. The number of thioether (sulfide) groups is 1. The molecule has 6 nitrogen and oxygen atoms in total. The lowest BCUT2D eigenvalue weighted by Gasteiger charge is -2.23. The second kappa shape index (κ2) is 5.93. The first-order chi connectivity index (χ1) is 9.30. The van der Waals surface area contributed by atoms with Crippen molar-refractivity contribution in [2.45, 2.75) is 31.1 Å². The van der Waals surface area contributed by atoms with Crippen molar-refractivity contribution in [3.05, 3.63) is 0 Å². The van der Waals surface area contributed by atoms with E-state index >= 15 is 0 Å². The Kier molecular flexibility index (Phi) is 4.63. The van der Waals surface area contributed by atoms with E-state index in [1.54, 1.807) is 0 Å². The van der Waals surface area contributed by atoms with Crippen molar-refractivity contribution in [1.29, 1.82) is 0 Å². The monoisotopic (exact) mass is 321 g/mol. The molecule has 0 aromatic rings. The molecule has 8 heteroatoms. The van der Waals surface area contributed by atoms with Crippen molar-refractivity contribution < 1.29 is 23.1 Å². The van der Waals surface area contributed by atoms with Gasteiger partial charge < -0.3 is 10.0 Å². The van der Waals surface area contributed by atoms with Crippen LogP contribution in [0.2, 0.25) is 0 Å². The standard InChI is InChI=1S/C12H19NO5S2/c1-8-2-4-13(11(8)12(15)16)10(14)6-19-9-3-5-20(17,18)7-9/h8-9,11H,2-7H2,1H3,(H,15,16). The van der Waals surface area contributed by atoms with Gasteiger partial charge in [0.1, 0.15) is 6.04 Å². The van der Waals surface area contributed by atoms with Crippen molar-refractivity contribution in [2.24, 2.45) is 5.92 Å². The maximum Gasteiger partial charge on any atom is 0.326 e. The van der Waals surface area contributed by atoms with Gasteiger partial charge in [-0.1, -0.05) is 6.92 Å². The van der Waals surface area contributed by atoms with E-state index in [1.807, 2.05) is 6.92 Å². The fourth-order valence-electron chi connectivity index (χ4n) is 2.77. The number of carboxylic acid groups (broad SMARTS) is 1. The Balaban J connectivity index is 1.88. The predicted octanol–water partition coefficient (Wildman–Crippen LogP) is 0.228. The predicted molar refractivity (Wildman–Crippen MR) is 76.4 cm³/mol. The Bertz CT molecular complexity index is 504. The summed E-state index contributed by atoms with van der Waals surface area (Å²) in [6.45, 7) is 2.31. The van der Waals surface area contributed by atoms with E-state index in [0.29, 0.717) is 19.4 Å². The second-order valence-corrected chi connectivity index (χ2v) is 8.99. The van der Waals surface area contributed by atoms with Crippen LogP contribution in [-0.4, -0.2) is 65.4 Å². The topological polar surface area (TPSA) is 91.8 Å². The zero-order valence-corrected chi connectivity index (χ0v) is 13.0. The molecule has 114 valence electrons. The van der Waals surface area contributed by atoms with Crippen LogP contribution >= 0.6 is 11.8 Å². The summed E-state index contributed by atoms with van der Waals surface area (Å²) < 4.78 is 22.7. The largest absolute Gasteiger partial charge is 0.480 e. The molecule has 0 aromatic carbocycles. The van der Waals surface area contributed by atoms with Crippen LogP contribution < -0.4 is 0 Å². The van der Waals surface area contributed by atoms with E-state index in [-0.39, 0.29) is 34.3 Å². The number of hydrogen-bond donors (Lipinski definition) is 1. The third-order valence-electron chi connectivity index (χ3n) is 3.91. The van der Waals surface area contributed by atoms with Gasteiger partial charge in [0.25, 0.3) is 0 Å². The highest BCUT2D eigenvalue weighted by Crippen LogP contribution is 2.28. The molecule has 2 rings (SSSR count). The fourth-order valence-corrected chi connectivity index (χ4v) is 6.30. The van der Waals surface area contributed by atoms with Gasteiger partial charge in [0.15, 0.2) is 9.84 Å². The average molecular weight is 321 g/mol. The molecule has 1 amide bonds. The quantitative estimate of drug-likeness (QED) is 0.797. The van der Waals surface area contributed by atoms with Crippen LogP contribution in [0, 0.1) is 5.92 Å². The van der Waals surface area contributed by atoms with Gasteiger partial charge in [-0.3, -0.25) is 4.79 Å². The zero-order valence-electron chi connectivity index (χ0n) is 11.3. The van der Waals surface area contributed by atoms with Gasteiger partial charge in [-0.15, -0.1) is 11.8 Å². The summed E-state index contributed by atoms with van der Waals surface area (Å²) in [6, 6.07) is -0.740. The number of hydrogen-bond acceptors (Lipinski definition) is 5. The molecule has 0 bridgehead atoms. The first-order valence-electron chi connectivity index (χ1n) is 6.64. The van der Waals surface area contributed by atoms with Crippen LogP contribution in [0.15, 0.2) is 0 Å². The van der Waals surface area contributed by atoms with E-state index in [4.69, 9.17) is 0 Å². The van der Waals surface area contributed by atoms with E-state index in [1.165, 1.54) is 16.7 Å². The molecular formula is C12H19NO5S2. The first-order valence-corrected chi connectivity index (χ1v) is 9.51. The van der Waals surface area contributed by atoms with Crippen LogP contribution in [-0.2, 0) is 19.4 Å². The maximum atomic E-state index is 12.1. The number of nitrogens with zero attached hydrogens (tertiary/aromatic N) is 1. The summed E-state index contributed by atoms with van der Waals surface area (Å²) in [5.41, 5.74) is 0. The van der Waals surface area contributed by atoms with Crippen molar-refractivity contribution in [1.82, 2.24) is 4.90 Å². The molecule has 2 aliphatic heterocycles. The van der Waals surface area contributed by atoms with Crippen LogP contribution in [0.4, 0.5) is 0 Å². The van der Waals surface area contributed by atoms with E-state index in [2.05, 4.69) is 0 Å². The highest BCUT2D eigenvalue weighted by atomic mass is 32.2. The van der Waals surface area contributed by atoms with Crippen molar-refractivity contribution in [3.63, 3.8) is 0 Å². The van der Waals surface area contributed by atoms with Gasteiger partial charge in [-0.2, -0.15) is 0 Å². The molecular weight excluding hydrogens is 302 g/mol. The lowest BCUT2D eigenvalue weighted by molar-refractivity contribution is -0.148. The third kappa shape index (κ3) is 3.46. The lowest BCUT2D eigenvalue weighted by Crippen LogP contribution is -2.43. The van der Waals surface area contributed by atoms with Crippen LogP contribution in [0.1, 0.15) is 19.8 Å². The Morgan fingerprint density at radius 1 is 1.35 bits per heavy atom. The minimum absolute atomic E-state index is 0.0340. The fraction of sp³-hybridized carbons (Fsp3) is 0.833. The molecule has 0 radical (unpaired) electrons. The number of aliphatic carboxylic acids is 1. The number of likely N-dealkylation sites (tertiary alicyclic amines) is 1. The molecule has 0 spiro atoms. The minimum atomic E-state index is -2.94. The Labute approximate surface area is 122 Å². The van der Waals surface area contributed by atoms with Crippen LogP contribution in [0.3, 0.4) is 0 Å². The number of carbonyl (C=O) groups is 2. The number of rotatable bonds is 4. The molecule has 3 atom stereocenters. The third-order valence-corrected chi connectivity index (χ3v) is 7.17. The van der Waals surface area contributed by atoms with E-state index in [9.17, 15) is 23.1 Å². The van der Waals surface area contributed by atoms with Gasteiger partial charge in [-0.05, 0) is 18.8 Å². The van der Waals surface area contributed by atoms with Gasteiger partial charge in [0.2, 0.25) is 5.91 Å². The summed E-state index contributed by atoms with van der Waals surface area (Å²) in [5.74, 6) is -0.709. The Morgan fingerprint density at radius 2 is 2.05 bits per heavy atom. The summed E-state index contributed by atoms with van der Waals surface area (Å²) in [4.78, 5) is 24.7. The summed E-state index contributed by atoms with van der Waals surface area (Å²) >= 11 is 1.33. The summed E-state index contributed by atoms with van der Waals surface area (Å²) in [7, 11) is -2.94. The number of carboxylic acids is 1. The number of carbonyl (C=O) groups excluding carboxylic acids is 1. The lowest BCUT2D eigenvalue weighted by atomic mass is 10.0. The molecule has 0 aliphatic carbocycles. The molecule has 2 fully saturated rings. The molecule has 1 N–H and O–H groups in total. The molecule has 2 saturated heterocycles. The summed E-state index contributed by atoms with van der Waals surface area (Å²) in [6.07, 6.45) is 1.28. The smallest absolute Gasteiger partial charge is 0.326 e. The molecule has 0 aromatic heterocycles. The molecule has 2 heterocycles. The highest BCUT2D eigenvalue weighted by Gasteiger charge is 2.39. The van der Waals surface area contributed by atoms with Crippen LogP contribution in [0.5, 0.6) is 0 Å². The minimum Gasteiger partial charge on any atom is -0.480 e. The average Bonchev–Trinajstić information content (AvgIpc) is 2.89. The van der Waals surface area contributed by atoms with E-state index < -0.39 is 21.8 Å². The normalized spacial score (nSPS) is 32.5. The molecule has 0 saturated carbocycles. The molecule has 2 aliphatic rings. The Hall–Kier alpha value is -0.760. The SMILES string of the molecule is CC1CCN(C(=O)CSC2CCS(=O)(=O)C2)C1C(=O)O. The first kappa shape index (κ1) is 15.6. The van der Waals surface area contributed by atoms with E-state index in [0.717, 1.165) is 0 Å². The van der Waals surface area contributed by atoms with Gasteiger partial charge in [-0.25, -0.2) is 13.2 Å². The highest BCUT2D eigenvalue weighted by molar-refractivity contribution is 8.02. The van der Waals surface area contributed by atoms with Crippen molar-refractivity contribution in [2.75, 3.05) is 23.8 Å². The summed E-state index contributed by atoms with van der Waals surface area (Å²) in [5, 5.41) is 9.14. The van der Waals surface area contributed by atoms with Gasteiger partial charge >= 0.3 is 5.97 Å². The second-order valence-electron chi connectivity index (χ2n) is 5.47. The van der Waals surface area contributed by atoms with Gasteiger partial charge in [0, 0.05) is 11.8 Å². The van der Waals surface area contributed by atoms with Crippen LogP contribution in [0.25, 0.3) is 0 Å². The van der Waals surface area contributed by atoms with Gasteiger partial charge in [0.05, 0.1) is 17.3 Å². The van der Waals surface area contributed by atoms with Crippen molar-refractivity contribution in [3.8, 4) is 0 Å². The Morgan fingerprint density at radius 3 is 2.60 bits per heavy atom. The zero-order chi connectivity index (χ0) is 14.9. The molecule has 20 heavy (non-hydrogen) atoms. The van der Waals surface area contributed by atoms with Crippen molar-refractivity contribution >= 4 is 33.5 Å².